The Morgan fingerprint density at radius 3 is 2.54 bits per heavy atom. The average Bonchev–Trinajstić information content (AvgIpc) is 3.25. The van der Waals surface area contributed by atoms with Gasteiger partial charge in [-0.25, -0.2) is 4.98 Å². The molecular formula is C21H27N5O2. The third kappa shape index (κ3) is 4.08. The molecule has 0 aromatic carbocycles. The molecule has 2 amide bonds. The Morgan fingerprint density at radius 2 is 1.82 bits per heavy atom. The Bertz CT molecular complexity index is 797. The fourth-order valence-corrected chi connectivity index (χ4v) is 4.44. The topological polar surface area (TPSA) is 71.3 Å². The quantitative estimate of drug-likeness (QED) is 0.796. The smallest absolute Gasteiger partial charge is 0.253 e. The Hall–Kier alpha value is -2.70. The first-order valence-corrected chi connectivity index (χ1v) is 10.1. The Balaban J connectivity index is 1.31. The van der Waals surface area contributed by atoms with E-state index in [-0.39, 0.29) is 17.2 Å². The molecular weight excluding hydrogens is 354 g/mol. The van der Waals surface area contributed by atoms with Crippen LogP contribution < -0.4 is 0 Å². The predicted octanol–water partition coefficient (Wildman–Crippen LogP) is 2.21. The third-order valence-corrected chi connectivity index (χ3v) is 6.19. The molecule has 2 fully saturated rings. The number of hydrogen-bond acceptors (Lipinski definition) is 4. The van der Waals surface area contributed by atoms with E-state index in [1.807, 2.05) is 26.9 Å². The van der Waals surface area contributed by atoms with Gasteiger partial charge in [-0.15, -0.1) is 0 Å². The minimum atomic E-state index is 0.0846. The van der Waals surface area contributed by atoms with Crippen molar-refractivity contribution in [1.82, 2.24) is 24.3 Å². The van der Waals surface area contributed by atoms with Crippen LogP contribution in [0.3, 0.4) is 0 Å². The van der Waals surface area contributed by atoms with Crippen molar-refractivity contribution in [1.29, 1.82) is 0 Å². The van der Waals surface area contributed by atoms with Crippen molar-refractivity contribution in [2.75, 3.05) is 26.2 Å². The molecule has 1 spiro atoms. The molecule has 0 atom stereocenters. The number of piperidine rings is 2. The maximum absolute atomic E-state index is 12.7. The lowest BCUT2D eigenvalue weighted by Crippen LogP contribution is -2.52. The average molecular weight is 381 g/mol. The zero-order chi connectivity index (χ0) is 19.4. The summed E-state index contributed by atoms with van der Waals surface area (Å²) in [6.45, 7) is 4.02. The summed E-state index contributed by atoms with van der Waals surface area (Å²) in [5.41, 5.74) is 0.865. The Kier molecular flexibility index (Phi) is 5.41. The van der Waals surface area contributed by atoms with E-state index in [1.165, 1.54) is 0 Å². The molecule has 2 aromatic rings. The van der Waals surface area contributed by atoms with E-state index < -0.39 is 0 Å². The minimum Gasteiger partial charge on any atom is -0.342 e. The number of aromatic nitrogens is 3. The highest BCUT2D eigenvalue weighted by Gasteiger charge is 2.41. The van der Waals surface area contributed by atoms with Gasteiger partial charge in [0.15, 0.2) is 0 Å². The number of likely N-dealkylation sites (tertiary alicyclic amines) is 2. The van der Waals surface area contributed by atoms with E-state index in [1.54, 1.807) is 30.7 Å². The van der Waals surface area contributed by atoms with E-state index in [0.29, 0.717) is 12.0 Å². The van der Waals surface area contributed by atoms with Gasteiger partial charge in [0.2, 0.25) is 5.91 Å². The van der Waals surface area contributed by atoms with Crippen molar-refractivity contribution in [2.45, 2.75) is 38.6 Å². The third-order valence-electron chi connectivity index (χ3n) is 6.19. The molecule has 2 saturated heterocycles. The van der Waals surface area contributed by atoms with Crippen molar-refractivity contribution in [3.63, 3.8) is 0 Å². The highest BCUT2D eigenvalue weighted by Crippen LogP contribution is 2.40. The predicted molar refractivity (Wildman–Crippen MR) is 104 cm³/mol. The summed E-state index contributed by atoms with van der Waals surface area (Å²) in [5, 5.41) is 0. The zero-order valence-electron chi connectivity index (χ0n) is 16.2. The van der Waals surface area contributed by atoms with Crippen LogP contribution in [-0.2, 0) is 11.3 Å². The highest BCUT2D eigenvalue weighted by molar-refractivity contribution is 5.94. The number of rotatable bonds is 5. The first kappa shape index (κ1) is 18.7. The van der Waals surface area contributed by atoms with Gasteiger partial charge in [-0.3, -0.25) is 14.6 Å². The molecule has 2 aromatic heterocycles. The molecule has 0 radical (unpaired) electrons. The van der Waals surface area contributed by atoms with Crippen LogP contribution in [-0.4, -0.2) is 62.3 Å². The molecule has 0 unspecified atom stereocenters. The van der Waals surface area contributed by atoms with Gasteiger partial charge in [0.1, 0.15) is 0 Å². The summed E-state index contributed by atoms with van der Waals surface area (Å²) >= 11 is 0. The second-order valence-corrected chi connectivity index (χ2v) is 8.00. The number of nitrogens with zero attached hydrogens (tertiary/aromatic N) is 5. The first-order chi connectivity index (χ1) is 13.7. The summed E-state index contributed by atoms with van der Waals surface area (Å²) in [7, 11) is 0. The molecule has 0 N–H and O–H groups in total. The van der Waals surface area contributed by atoms with Crippen molar-refractivity contribution < 1.29 is 9.59 Å². The van der Waals surface area contributed by atoms with Crippen LogP contribution in [0.1, 0.15) is 42.5 Å². The maximum atomic E-state index is 12.7. The molecule has 2 aliphatic rings. The summed E-state index contributed by atoms with van der Waals surface area (Å²) in [6, 6.07) is 3.54. The molecule has 148 valence electrons. The molecule has 7 nitrogen and oxygen atoms in total. The summed E-state index contributed by atoms with van der Waals surface area (Å²) in [5.74, 6) is 0.355. The maximum Gasteiger partial charge on any atom is 0.253 e. The van der Waals surface area contributed by atoms with E-state index in [2.05, 4.69) is 9.97 Å². The first-order valence-electron chi connectivity index (χ1n) is 10.1. The van der Waals surface area contributed by atoms with Gasteiger partial charge in [0, 0.05) is 69.5 Å². The van der Waals surface area contributed by atoms with Gasteiger partial charge in [-0.05, 0) is 43.2 Å². The molecule has 7 heteroatoms. The molecule has 0 aliphatic carbocycles. The monoisotopic (exact) mass is 381 g/mol. The van der Waals surface area contributed by atoms with E-state index in [9.17, 15) is 9.59 Å². The zero-order valence-corrected chi connectivity index (χ0v) is 16.2. The van der Waals surface area contributed by atoms with Gasteiger partial charge in [-0.2, -0.15) is 0 Å². The van der Waals surface area contributed by atoms with Crippen molar-refractivity contribution in [3.8, 4) is 0 Å². The fraction of sp³-hybridized carbons (Fsp3) is 0.524. The lowest BCUT2D eigenvalue weighted by atomic mass is 9.72. The van der Waals surface area contributed by atoms with Gasteiger partial charge < -0.3 is 14.4 Å². The van der Waals surface area contributed by atoms with Crippen LogP contribution in [0.2, 0.25) is 0 Å². The van der Waals surface area contributed by atoms with Gasteiger partial charge in [-0.1, -0.05) is 0 Å². The van der Waals surface area contributed by atoms with E-state index in [0.717, 1.165) is 58.4 Å². The van der Waals surface area contributed by atoms with Crippen LogP contribution in [0.4, 0.5) is 0 Å². The minimum absolute atomic E-state index is 0.0846. The lowest BCUT2D eigenvalue weighted by molar-refractivity contribution is -0.139. The fourth-order valence-electron chi connectivity index (χ4n) is 4.44. The summed E-state index contributed by atoms with van der Waals surface area (Å²) < 4.78 is 2.05. The van der Waals surface area contributed by atoms with Crippen LogP contribution in [0, 0.1) is 5.41 Å². The molecule has 4 rings (SSSR count). The van der Waals surface area contributed by atoms with Gasteiger partial charge in [0.05, 0.1) is 6.33 Å². The molecule has 0 saturated carbocycles. The number of imidazole rings is 1. The molecule has 28 heavy (non-hydrogen) atoms. The Morgan fingerprint density at radius 1 is 1.04 bits per heavy atom. The second kappa shape index (κ2) is 8.12. The van der Waals surface area contributed by atoms with Crippen LogP contribution in [0.25, 0.3) is 0 Å². The molecule has 4 heterocycles. The van der Waals surface area contributed by atoms with Crippen LogP contribution in [0.5, 0.6) is 0 Å². The van der Waals surface area contributed by atoms with Gasteiger partial charge in [0.25, 0.3) is 5.91 Å². The molecule has 2 aliphatic heterocycles. The second-order valence-electron chi connectivity index (χ2n) is 8.00. The number of carbonyl (C=O) groups is 2. The van der Waals surface area contributed by atoms with E-state index in [4.69, 9.17) is 0 Å². The normalized spacial score (nSPS) is 19.2. The Labute approximate surface area is 165 Å². The van der Waals surface area contributed by atoms with Crippen molar-refractivity contribution in [2.24, 2.45) is 5.41 Å². The van der Waals surface area contributed by atoms with Crippen LogP contribution >= 0.6 is 0 Å². The SMILES string of the molecule is O=C1CCC2(CCN(C(=O)c3ccncc3)CC2)CN1CCCn1ccnc1. The lowest BCUT2D eigenvalue weighted by Gasteiger charge is -2.47. The van der Waals surface area contributed by atoms with E-state index >= 15 is 0 Å². The summed E-state index contributed by atoms with van der Waals surface area (Å²) in [6.07, 6.45) is 13.3. The van der Waals surface area contributed by atoms with Crippen molar-refractivity contribution >= 4 is 11.8 Å². The number of carbonyl (C=O) groups excluding carboxylic acids is 2. The number of aryl methyl sites for hydroxylation is 1. The molecule has 0 bridgehead atoms. The summed E-state index contributed by atoms with van der Waals surface area (Å²) in [4.78, 5) is 37.1. The number of pyridine rings is 1. The van der Waals surface area contributed by atoms with Crippen molar-refractivity contribution in [3.05, 3.63) is 48.8 Å². The highest BCUT2D eigenvalue weighted by atomic mass is 16.2. The largest absolute Gasteiger partial charge is 0.342 e. The van der Waals surface area contributed by atoms with Gasteiger partial charge >= 0.3 is 0 Å². The standard InChI is InChI=1S/C21H27N5O2/c27-19-2-5-21(16-26(19)12-1-11-24-15-10-23-17-24)6-13-25(14-7-21)20(28)18-3-8-22-9-4-18/h3-4,8-10,15,17H,1-2,5-7,11-14,16H2. The van der Waals surface area contributed by atoms with Crippen LogP contribution in [0.15, 0.2) is 43.2 Å². The number of hydrogen-bond donors (Lipinski definition) is 0. The number of amides is 2.